The van der Waals surface area contributed by atoms with Crippen LogP contribution in [0, 0.1) is 17.1 Å². The Morgan fingerprint density at radius 3 is 2.65 bits per heavy atom. The third-order valence-corrected chi connectivity index (χ3v) is 3.97. The molecule has 7 heteroatoms. The molecule has 1 aliphatic carbocycles. The van der Waals surface area contributed by atoms with Gasteiger partial charge in [-0.15, -0.1) is 0 Å². The molecule has 1 unspecified atom stereocenters. The molecule has 3 nitrogen and oxygen atoms in total. The lowest BCUT2D eigenvalue weighted by Crippen LogP contribution is -2.15. The van der Waals surface area contributed by atoms with E-state index < -0.39 is 23.7 Å². The number of fused-ring (bicyclic) bond motifs is 1. The quantitative estimate of drug-likeness (QED) is 0.809. The Kier molecular flexibility index (Phi) is 3.65. The smallest absolute Gasteiger partial charge is 0.388 e. The molecule has 2 aromatic rings. The first-order chi connectivity index (χ1) is 10.8. The monoisotopic (exact) mass is 324 g/mol. The van der Waals surface area contributed by atoms with Gasteiger partial charge >= 0.3 is 6.18 Å². The number of hydrogen-bond donors (Lipinski definition) is 1. The third kappa shape index (κ3) is 2.70. The van der Waals surface area contributed by atoms with Crippen molar-refractivity contribution in [3.63, 3.8) is 0 Å². The lowest BCUT2D eigenvalue weighted by Gasteiger charge is -2.21. The largest absolute Gasteiger partial charge is 0.418 e. The number of aromatic nitrogens is 1. The molecule has 1 N–H and O–H groups in total. The Balaban J connectivity index is 2.26. The van der Waals surface area contributed by atoms with Crippen LogP contribution in [-0.2, 0) is 12.6 Å². The summed E-state index contributed by atoms with van der Waals surface area (Å²) in [5, 5.41) is 18.9. The molecule has 1 aromatic heterocycles. The van der Waals surface area contributed by atoms with Crippen molar-refractivity contribution in [1.82, 2.24) is 4.57 Å². The maximum absolute atomic E-state index is 13.6. The van der Waals surface area contributed by atoms with Crippen LogP contribution < -0.4 is 0 Å². The normalized spacial score (nSPS) is 17.7. The number of alkyl halides is 3. The number of benzene rings is 1. The molecule has 0 aliphatic heterocycles. The topological polar surface area (TPSA) is 49.0 Å². The molecule has 1 heterocycles. The standard InChI is InChI=1S/C16H12F4N2O/c17-10-4-9(7-21)5-11(6-10)22-8-12(16(18,19)20)15-13(22)2-1-3-14(15)23/h4-6,8,14,23H,1-3H2. The van der Waals surface area contributed by atoms with E-state index in [2.05, 4.69) is 0 Å². The van der Waals surface area contributed by atoms with E-state index in [1.54, 1.807) is 6.07 Å². The van der Waals surface area contributed by atoms with Crippen LogP contribution in [0.5, 0.6) is 0 Å². The molecule has 1 atom stereocenters. The van der Waals surface area contributed by atoms with Gasteiger partial charge in [-0.25, -0.2) is 4.39 Å². The zero-order chi connectivity index (χ0) is 16.8. The van der Waals surface area contributed by atoms with E-state index in [1.807, 2.05) is 0 Å². The SMILES string of the molecule is N#Cc1cc(F)cc(-n2cc(C(F)(F)F)c3c2CCCC3O)c1. The number of nitrogens with zero attached hydrogens (tertiary/aromatic N) is 2. The van der Waals surface area contributed by atoms with E-state index in [9.17, 15) is 22.7 Å². The first-order valence-corrected chi connectivity index (χ1v) is 7.01. The fourth-order valence-corrected chi connectivity index (χ4v) is 3.03. The molecule has 3 rings (SSSR count). The number of hydrogen-bond acceptors (Lipinski definition) is 2. The molecule has 0 amide bonds. The van der Waals surface area contributed by atoms with E-state index >= 15 is 0 Å². The highest BCUT2D eigenvalue weighted by Crippen LogP contribution is 2.42. The molecule has 0 spiro atoms. The summed E-state index contributed by atoms with van der Waals surface area (Å²) < 4.78 is 54.6. The van der Waals surface area contributed by atoms with Gasteiger partial charge in [0.05, 0.1) is 23.3 Å². The second kappa shape index (κ2) is 5.39. The summed E-state index contributed by atoms with van der Waals surface area (Å²) in [5.41, 5.74) is -0.589. The minimum absolute atomic E-state index is 0.0207. The molecular formula is C16H12F4N2O. The lowest BCUT2D eigenvalue weighted by atomic mass is 9.92. The molecular weight excluding hydrogens is 312 g/mol. The van der Waals surface area contributed by atoms with E-state index in [-0.39, 0.29) is 23.2 Å². The highest BCUT2D eigenvalue weighted by molar-refractivity contribution is 5.48. The van der Waals surface area contributed by atoms with Crippen LogP contribution in [0.1, 0.15) is 41.3 Å². The molecule has 0 bridgehead atoms. The van der Waals surface area contributed by atoms with Crippen LogP contribution in [0.15, 0.2) is 24.4 Å². The number of aliphatic hydroxyl groups is 1. The van der Waals surface area contributed by atoms with E-state index in [0.29, 0.717) is 18.5 Å². The van der Waals surface area contributed by atoms with Crippen LogP contribution in [0.25, 0.3) is 5.69 Å². The molecule has 120 valence electrons. The Labute approximate surface area is 129 Å². The van der Waals surface area contributed by atoms with Crippen molar-refractivity contribution in [1.29, 1.82) is 5.26 Å². The van der Waals surface area contributed by atoms with Crippen molar-refractivity contribution in [2.24, 2.45) is 0 Å². The second-order valence-corrected chi connectivity index (χ2v) is 5.49. The van der Waals surface area contributed by atoms with Gasteiger partial charge in [0.2, 0.25) is 0 Å². The minimum atomic E-state index is -4.61. The predicted molar refractivity (Wildman–Crippen MR) is 73.3 cm³/mol. The summed E-state index contributed by atoms with van der Waals surface area (Å²) in [6.07, 6.45) is -3.79. The van der Waals surface area contributed by atoms with E-state index in [0.717, 1.165) is 18.3 Å². The summed E-state index contributed by atoms with van der Waals surface area (Å²) in [6, 6.07) is 5.19. The van der Waals surface area contributed by atoms with Crippen LogP contribution in [-0.4, -0.2) is 9.67 Å². The van der Waals surface area contributed by atoms with Gasteiger partial charge in [-0.2, -0.15) is 18.4 Å². The van der Waals surface area contributed by atoms with Crippen molar-refractivity contribution in [3.05, 3.63) is 52.6 Å². The fourth-order valence-electron chi connectivity index (χ4n) is 3.03. The minimum Gasteiger partial charge on any atom is -0.388 e. The number of rotatable bonds is 1. The summed E-state index contributed by atoms with van der Waals surface area (Å²) in [7, 11) is 0. The van der Waals surface area contributed by atoms with Gasteiger partial charge in [0.25, 0.3) is 0 Å². The van der Waals surface area contributed by atoms with E-state index in [1.165, 1.54) is 10.6 Å². The Morgan fingerprint density at radius 1 is 1.26 bits per heavy atom. The summed E-state index contributed by atoms with van der Waals surface area (Å²) >= 11 is 0. The van der Waals surface area contributed by atoms with E-state index in [4.69, 9.17) is 5.26 Å². The number of aliphatic hydroxyl groups excluding tert-OH is 1. The average molecular weight is 324 g/mol. The molecule has 0 saturated heterocycles. The Hall–Kier alpha value is -2.33. The Bertz CT molecular complexity index is 802. The predicted octanol–water partition coefficient (Wildman–Crippen LogP) is 3.88. The molecule has 0 saturated carbocycles. The van der Waals surface area contributed by atoms with Gasteiger partial charge in [-0.3, -0.25) is 0 Å². The van der Waals surface area contributed by atoms with Gasteiger partial charge in [-0.05, 0) is 37.5 Å². The van der Waals surface area contributed by atoms with Crippen LogP contribution >= 0.6 is 0 Å². The molecule has 0 radical (unpaired) electrons. The van der Waals surface area contributed by atoms with Crippen LogP contribution in [0.3, 0.4) is 0 Å². The van der Waals surface area contributed by atoms with Crippen molar-refractivity contribution in [3.8, 4) is 11.8 Å². The fraction of sp³-hybridized carbons (Fsp3) is 0.312. The van der Waals surface area contributed by atoms with Gasteiger partial charge in [0.1, 0.15) is 5.82 Å². The van der Waals surface area contributed by atoms with Gasteiger partial charge < -0.3 is 9.67 Å². The highest BCUT2D eigenvalue weighted by Gasteiger charge is 2.40. The van der Waals surface area contributed by atoms with Crippen LogP contribution in [0.2, 0.25) is 0 Å². The molecule has 1 aromatic carbocycles. The second-order valence-electron chi connectivity index (χ2n) is 5.49. The summed E-state index contributed by atoms with van der Waals surface area (Å²) in [5.74, 6) is -0.702. The number of halogens is 4. The first-order valence-electron chi connectivity index (χ1n) is 7.01. The summed E-state index contributed by atoms with van der Waals surface area (Å²) in [4.78, 5) is 0. The van der Waals surface area contributed by atoms with Gasteiger partial charge in [-0.1, -0.05) is 0 Å². The molecule has 1 aliphatic rings. The average Bonchev–Trinajstić information content (AvgIpc) is 2.87. The van der Waals surface area contributed by atoms with Crippen molar-refractivity contribution in [2.75, 3.05) is 0 Å². The van der Waals surface area contributed by atoms with Gasteiger partial charge in [0.15, 0.2) is 0 Å². The Morgan fingerprint density at radius 2 is 2.00 bits per heavy atom. The maximum Gasteiger partial charge on any atom is 0.418 e. The number of nitriles is 1. The van der Waals surface area contributed by atoms with Crippen molar-refractivity contribution in [2.45, 2.75) is 31.5 Å². The zero-order valence-corrected chi connectivity index (χ0v) is 11.9. The lowest BCUT2D eigenvalue weighted by molar-refractivity contribution is -0.139. The van der Waals surface area contributed by atoms with Crippen LogP contribution in [0.4, 0.5) is 17.6 Å². The molecule has 23 heavy (non-hydrogen) atoms. The first kappa shape index (κ1) is 15.6. The zero-order valence-electron chi connectivity index (χ0n) is 11.9. The third-order valence-electron chi connectivity index (χ3n) is 3.97. The maximum atomic E-state index is 13.6. The van der Waals surface area contributed by atoms with Gasteiger partial charge in [0, 0.05) is 23.1 Å². The van der Waals surface area contributed by atoms with Crippen molar-refractivity contribution < 1.29 is 22.7 Å². The highest BCUT2D eigenvalue weighted by atomic mass is 19.4. The van der Waals surface area contributed by atoms with Crippen molar-refractivity contribution >= 4 is 0 Å². The molecule has 0 fully saturated rings. The summed E-state index contributed by atoms with van der Waals surface area (Å²) in [6.45, 7) is 0.